The largest absolute Gasteiger partial charge is 0.386 e. The second kappa shape index (κ2) is 5.95. The predicted octanol–water partition coefficient (Wildman–Crippen LogP) is -0.293. The van der Waals surface area contributed by atoms with Gasteiger partial charge in [0.05, 0.1) is 0 Å². The van der Waals surface area contributed by atoms with Gasteiger partial charge in [-0.3, -0.25) is 23.9 Å². The smallest absolute Gasteiger partial charge is 0.330 e. The van der Waals surface area contributed by atoms with E-state index in [-0.39, 0.29) is 5.56 Å². The minimum Gasteiger partial charge on any atom is -0.386 e. The van der Waals surface area contributed by atoms with E-state index in [1.807, 2.05) is 4.98 Å². The minimum absolute atomic E-state index is 0.0371. The topological polar surface area (TPSA) is 118 Å². The third-order valence-electron chi connectivity index (χ3n) is 4.38. The lowest BCUT2D eigenvalue weighted by atomic mass is 9.86. The van der Waals surface area contributed by atoms with Gasteiger partial charge >= 0.3 is 11.6 Å². The highest BCUT2D eigenvalue weighted by Crippen LogP contribution is 2.51. The number of carbonyl (C=O) groups excluding carboxylic acids is 2. The third-order valence-corrected chi connectivity index (χ3v) is 4.38. The minimum atomic E-state index is -3.96. The van der Waals surface area contributed by atoms with Crippen LogP contribution in [0.2, 0.25) is 0 Å². The number of ether oxygens (including phenoxy) is 1. The number of nitrogens with zero attached hydrogens (tertiary/aromatic N) is 1. The molecule has 1 aromatic heterocycles. The number of aromatic amines is 1. The number of aliphatic hydroxyl groups is 1. The molecule has 2 N–H and O–H groups in total. The number of H-pyrrole nitrogens is 1. The number of halogens is 2. The number of Topliss-reactive ketones (excluding diaryl/α,β-unsaturated/α-hetero) is 2. The Morgan fingerprint density at radius 1 is 1.40 bits per heavy atom. The van der Waals surface area contributed by atoms with Crippen LogP contribution in [0.4, 0.5) is 8.78 Å². The number of hydrogen-bond donors (Lipinski definition) is 2. The Labute approximate surface area is 140 Å². The van der Waals surface area contributed by atoms with E-state index in [0.29, 0.717) is 4.57 Å². The number of carbonyl (C=O) groups is 2. The van der Waals surface area contributed by atoms with Crippen molar-refractivity contribution in [1.29, 1.82) is 0 Å². The standard InChI is InChI=1S/C15H18F2N2O6/c1-6-5-19(13(24)18-12(6)23)14(4)15(16,17)9(7(2)20)11(25-14)10(22)8(3)21/h5,8-9,11,21H,1-4H3,(H,18,23,24)/t8?,9-,11+,14-/m1/s1. The van der Waals surface area contributed by atoms with Gasteiger partial charge in [-0.25, -0.2) is 13.6 Å². The number of hydrogen-bond acceptors (Lipinski definition) is 6. The highest BCUT2D eigenvalue weighted by molar-refractivity contribution is 5.94. The fourth-order valence-corrected chi connectivity index (χ4v) is 2.90. The van der Waals surface area contributed by atoms with E-state index in [4.69, 9.17) is 4.74 Å². The highest BCUT2D eigenvalue weighted by atomic mass is 19.3. The number of aryl methyl sites for hydroxylation is 1. The lowest BCUT2D eigenvalue weighted by Crippen LogP contribution is -2.53. The maximum absolute atomic E-state index is 15.0. The van der Waals surface area contributed by atoms with Gasteiger partial charge < -0.3 is 9.84 Å². The summed E-state index contributed by atoms with van der Waals surface area (Å²) >= 11 is 0. The van der Waals surface area contributed by atoms with E-state index in [1.54, 1.807) is 0 Å². The molecule has 4 atom stereocenters. The molecule has 1 aliphatic rings. The summed E-state index contributed by atoms with van der Waals surface area (Å²) in [6, 6.07) is 0. The molecule has 1 aromatic rings. The lowest BCUT2D eigenvalue weighted by molar-refractivity contribution is -0.204. The summed E-state index contributed by atoms with van der Waals surface area (Å²) in [7, 11) is 0. The Hall–Kier alpha value is -2.20. The molecule has 1 fully saturated rings. The molecule has 25 heavy (non-hydrogen) atoms. The molecular weight excluding hydrogens is 342 g/mol. The molecule has 2 heterocycles. The normalized spacial score (nSPS) is 29.4. The van der Waals surface area contributed by atoms with Crippen LogP contribution in [-0.2, 0) is 20.1 Å². The van der Waals surface area contributed by atoms with Crippen molar-refractivity contribution in [2.45, 2.75) is 51.6 Å². The Bertz CT molecular complexity index is 843. The van der Waals surface area contributed by atoms with Crippen LogP contribution >= 0.6 is 0 Å². The third kappa shape index (κ3) is 2.74. The van der Waals surface area contributed by atoms with Gasteiger partial charge in [-0.2, -0.15) is 0 Å². The first-order valence-electron chi connectivity index (χ1n) is 7.45. The monoisotopic (exact) mass is 360 g/mol. The zero-order chi connectivity index (χ0) is 19.3. The zero-order valence-corrected chi connectivity index (χ0v) is 14.0. The van der Waals surface area contributed by atoms with Crippen molar-refractivity contribution in [1.82, 2.24) is 9.55 Å². The fourth-order valence-electron chi connectivity index (χ4n) is 2.90. The Kier molecular flexibility index (Phi) is 4.56. The Morgan fingerprint density at radius 3 is 2.44 bits per heavy atom. The molecule has 0 radical (unpaired) electrons. The van der Waals surface area contributed by atoms with Gasteiger partial charge in [0.1, 0.15) is 23.9 Å². The average Bonchev–Trinajstić information content (AvgIpc) is 2.69. The van der Waals surface area contributed by atoms with Crippen LogP contribution in [-0.4, -0.2) is 44.4 Å². The summed E-state index contributed by atoms with van der Waals surface area (Å²) in [6.45, 7) is 4.08. The molecule has 0 aliphatic carbocycles. The van der Waals surface area contributed by atoms with E-state index in [9.17, 15) is 24.3 Å². The van der Waals surface area contributed by atoms with E-state index in [1.165, 1.54) is 6.92 Å². The number of rotatable bonds is 4. The van der Waals surface area contributed by atoms with Crippen LogP contribution in [0.5, 0.6) is 0 Å². The molecule has 0 saturated carbocycles. The number of ketones is 2. The highest BCUT2D eigenvalue weighted by Gasteiger charge is 2.70. The van der Waals surface area contributed by atoms with Crippen molar-refractivity contribution >= 4 is 11.6 Å². The molecule has 0 aromatic carbocycles. The lowest BCUT2D eigenvalue weighted by Gasteiger charge is -2.32. The molecule has 8 nitrogen and oxygen atoms in total. The van der Waals surface area contributed by atoms with E-state index < -0.39 is 52.6 Å². The number of aliphatic hydroxyl groups excluding tert-OH is 1. The molecule has 0 amide bonds. The van der Waals surface area contributed by atoms with Crippen molar-refractivity contribution < 1.29 is 28.2 Å². The summed E-state index contributed by atoms with van der Waals surface area (Å²) in [5.41, 5.74) is -4.68. The molecule has 138 valence electrons. The second-order valence-electron chi connectivity index (χ2n) is 6.25. The van der Waals surface area contributed by atoms with Crippen LogP contribution in [0.25, 0.3) is 0 Å². The van der Waals surface area contributed by atoms with E-state index in [2.05, 4.69) is 0 Å². The van der Waals surface area contributed by atoms with E-state index >= 15 is 8.78 Å². The van der Waals surface area contributed by atoms with Crippen molar-refractivity contribution in [3.63, 3.8) is 0 Å². The summed E-state index contributed by atoms with van der Waals surface area (Å²) in [5.74, 6) is -8.26. The second-order valence-corrected chi connectivity index (χ2v) is 6.25. The van der Waals surface area contributed by atoms with Crippen molar-refractivity contribution in [2.75, 3.05) is 0 Å². The SMILES string of the molecule is CC(=O)[C@@H]1[C@@H](C(=O)C(C)O)O[C@@](C)(n2cc(C)c(=O)[nH]c2=O)C1(F)F. The molecule has 1 unspecified atom stereocenters. The molecule has 1 saturated heterocycles. The first-order chi connectivity index (χ1) is 11.3. The molecule has 0 bridgehead atoms. The zero-order valence-electron chi connectivity index (χ0n) is 14.0. The number of nitrogens with one attached hydrogen (secondary N) is 1. The van der Waals surface area contributed by atoms with Gasteiger partial charge in [0.2, 0.25) is 5.72 Å². The summed E-state index contributed by atoms with van der Waals surface area (Å²) in [4.78, 5) is 49.2. The van der Waals surface area contributed by atoms with Crippen LogP contribution < -0.4 is 11.2 Å². The van der Waals surface area contributed by atoms with Gasteiger partial charge in [-0.15, -0.1) is 0 Å². The first-order valence-corrected chi connectivity index (χ1v) is 7.45. The van der Waals surface area contributed by atoms with Crippen molar-refractivity contribution in [3.8, 4) is 0 Å². The first kappa shape index (κ1) is 19.1. The maximum Gasteiger partial charge on any atom is 0.330 e. The van der Waals surface area contributed by atoms with Crippen molar-refractivity contribution in [3.05, 3.63) is 32.6 Å². The van der Waals surface area contributed by atoms with Gasteiger partial charge in [0.15, 0.2) is 5.78 Å². The average molecular weight is 360 g/mol. The molecular formula is C15H18F2N2O6. The molecule has 1 aliphatic heterocycles. The maximum atomic E-state index is 15.0. The molecule has 10 heteroatoms. The van der Waals surface area contributed by atoms with Crippen LogP contribution in [0.3, 0.4) is 0 Å². The van der Waals surface area contributed by atoms with Crippen molar-refractivity contribution in [2.24, 2.45) is 5.92 Å². The van der Waals surface area contributed by atoms with Gasteiger partial charge in [0, 0.05) is 11.8 Å². The number of alkyl halides is 2. The predicted molar refractivity (Wildman–Crippen MR) is 80.4 cm³/mol. The van der Waals surface area contributed by atoms with E-state index in [0.717, 1.165) is 27.0 Å². The van der Waals surface area contributed by atoms with Crippen LogP contribution in [0.1, 0.15) is 26.3 Å². The summed E-state index contributed by atoms with van der Waals surface area (Å²) < 4.78 is 35.7. The van der Waals surface area contributed by atoms with Gasteiger partial charge in [-0.05, 0) is 27.7 Å². The molecule has 0 spiro atoms. The van der Waals surface area contributed by atoms with Crippen LogP contribution in [0.15, 0.2) is 15.8 Å². The summed E-state index contributed by atoms with van der Waals surface area (Å²) in [5, 5.41) is 9.43. The molecule has 2 rings (SSSR count). The Balaban J connectivity index is 2.71. The summed E-state index contributed by atoms with van der Waals surface area (Å²) in [6.07, 6.45) is -2.70. The Morgan fingerprint density at radius 2 is 1.96 bits per heavy atom. The van der Waals surface area contributed by atoms with Gasteiger partial charge in [0.25, 0.3) is 5.56 Å². The fraction of sp³-hybridized carbons (Fsp3) is 0.600. The van der Waals surface area contributed by atoms with Crippen LogP contribution in [0, 0.1) is 12.8 Å². The quantitative estimate of drug-likeness (QED) is 0.762. The van der Waals surface area contributed by atoms with Gasteiger partial charge in [-0.1, -0.05) is 0 Å². The number of aromatic nitrogens is 2.